The molecule has 3 heterocycles. The summed E-state index contributed by atoms with van der Waals surface area (Å²) in [5.74, 6) is 1.60. The van der Waals surface area contributed by atoms with Crippen LogP contribution in [0.5, 0.6) is 0 Å². The molecule has 0 aromatic carbocycles. The van der Waals surface area contributed by atoms with Crippen LogP contribution in [0.2, 0.25) is 0 Å². The second-order valence-corrected chi connectivity index (χ2v) is 7.31. The van der Waals surface area contributed by atoms with Gasteiger partial charge in [0.25, 0.3) is 0 Å². The van der Waals surface area contributed by atoms with Gasteiger partial charge < -0.3 is 10.6 Å². The van der Waals surface area contributed by atoms with Gasteiger partial charge in [-0.05, 0) is 58.0 Å². The van der Waals surface area contributed by atoms with Gasteiger partial charge in [0.2, 0.25) is 5.91 Å². The predicted octanol–water partition coefficient (Wildman–Crippen LogP) is 1.04. The van der Waals surface area contributed by atoms with Gasteiger partial charge in [-0.3, -0.25) is 9.48 Å². The van der Waals surface area contributed by atoms with E-state index < -0.39 is 0 Å². The van der Waals surface area contributed by atoms with Crippen molar-refractivity contribution in [1.82, 2.24) is 20.4 Å². The Kier molecular flexibility index (Phi) is 2.89. The Hall–Kier alpha value is -1.36. The third-order valence-electron chi connectivity index (χ3n) is 5.49. The number of rotatable bonds is 3. The van der Waals surface area contributed by atoms with E-state index in [-0.39, 0.29) is 17.4 Å². The summed E-state index contributed by atoms with van der Waals surface area (Å²) in [4.78, 5) is 12.5. The van der Waals surface area contributed by atoms with E-state index >= 15 is 0 Å². The van der Waals surface area contributed by atoms with E-state index in [0.717, 1.165) is 26.1 Å². The summed E-state index contributed by atoms with van der Waals surface area (Å²) in [5, 5.41) is 11.1. The summed E-state index contributed by atoms with van der Waals surface area (Å²) in [6.07, 6.45) is 5.46. The number of fused-ring (bicyclic) bond motifs is 2. The van der Waals surface area contributed by atoms with Crippen molar-refractivity contribution in [3.63, 3.8) is 0 Å². The minimum atomic E-state index is -0.327. The highest BCUT2D eigenvalue weighted by Crippen LogP contribution is 2.49. The van der Waals surface area contributed by atoms with E-state index in [0.29, 0.717) is 11.8 Å². The van der Waals surface area contributed by atoms with Gasteiger partial charge >= 0.3 is 0 Å². The molecule has 2 N–H and O–H groups in total. The molecule has 1 saturated heterocycles. The van der Waals surface area contributed by atoms with Gasteiger partial charge in [0.05, 0.1) is 11.7 Å². The molecule has 1 aromatic heterocycles. The Labute approximate surface area is 125 Å². The molecule has 21 heavy (non-hydrogen) atoms. The molecule has 1 amide bonds. The third-order valence-corrected chi connectivity index (χ3v) is 5.49. The Bertz CT molecular complexity index is 567. The first-order chi connectivity index (χ1) is 10.1. The number of piperidine rings is 1. The highest BCUT2D eigenvalue weighted by atomic mass is 16.2. The van der Waals surface area contributed by atoms with Gasteiger partial charge in [-0.15, -0.1) is 0 Å². The zero-order chi connectivity index (χ0) is 14.6. The van der Waals surface area contributed by atoms with Crippen LogP contribution in [0.25, 0.3) is 0 Å². The molecule has 2 atom stereocenters. The van der Waals surface area contributed by atoms with Crippen molar-refractivity contribution in [2.75, 3.05) is 13.1 Å². The number of hydrogen-bond acceptors (Lipinski definition) is 3. The number of aryl methyl sites for hydroxylation is 1. The molecule has 2 fully saturated rings. The van der Waals surface area contributed by atoms with E-state index in [1.807, 2.05) is 6.20 Å². The molecule has 2 aliphatic heterocycles. The molecule has 1 aliphatic carbocycles. The van der Waals surface area contributed by atoms with Crippen LogP contribution in [0.1, 0.15) is 37.9 Å². The fourth-order valence-electron chi connectivity index (χ4n) is 4.21. The van der Waals surface area contributed by atoms with Crippen molar-refractivity contribution >= 4 is 5.91 Å². The van der Waals surface area contributed by atoms with Gasteiger partial charge in [-0.25, -0.2) is 0 Å². The van der Waals surface area contributed by atoms with Crippen LogP contribution < -0.4 is 10.6 Å². The zero-order valence-electron chi connectivity index (χ0n) is 12.9. The van der Waals surface area contributed by atoms with Gasteiger partial charge in [-0.1, -0.05) is 0 Å². The molecule has 4 rings (SSSR count). The second kappa shape index (κ2) is 4.57. The van der Waals surface area contributed by atoms with Crippen LogP contribution in [0, 0.1) is 17.8 Å². The van der Waals surface area contributed by atoms with E-state index in [1.165, 1.54) is 24.1 Å². The smallest absolute Gasteiger partial charge is 0.224 e. The summed E-state index contributed by atoms with van der Waals surface area (Å²) in [5.41, 5.74) is 2.18. The molecule has 0 radical (unpaired) electrons. The van der Waals surface area contributed by atoms with Gasteiger partial charge in [0.1, 0.15) is 0 Å². The second-order valence-electron chi connectivity index (χ2n) is 7.31. The molecule has 5 heteroatoms. The highest BCUT2D eigenvalue weighted by molar-refractivity contribution is 5.83. The fraction of sp³-hybridized carbons (Fsp3) is 0.750. The maximum atomic E-state index is 12.5. The predicted molar refractivity (Wildman–Crippen MR) is 79.7 cm³/mol. The lowest BCUT2D eigenvalue weighted by atomic mass is 9.91. The zero-order valence-corrected chi connectivity index (χ0v) is 12.9. The monoisotopic (exact) mass is 288 g/mol. The largest absolute Gasteiger partial charge is 0.347 e. The lowest BCUT2D eigenvalue weighted by Gasteiger charge is -2.28. The summed E-state index contributed by atoms with van der Waals surface area (Å²) in [7, 11) is 0. The molecule has 3 aliphatic rings. The van der Waals surface area contributed by atoms with Crippen molar-refractivity contribution in [3.8, 4) is 0 Å². The molecule has 5 nitrogen and oxygen atoms in total. The summed E-state index contributed by atoms with van der Waals surface area (Å²) in [6.45, 7) is 7.23. The van der Waals surface area contributed by atoms with Crippen LogP contribution in [0.4, 0.5) is 0 Å². The minimum Gasteiger partial charge on any atom is -0.347 e. The molecule has 1 aromatic rings. The van der Waals surface area contributed by atoms with E-state index in [9.17, 15) is 4.79 Å². The lowest BCUT2D eigenvalue weighted by Crippen LogP contribution is -2.43. The first kappa shape index (κ1) is 13.3. The van der Waals surface area contributed by atoms with Crippen molar-refractivity contribution in [3.05, 3.63) is 17.5 Å². The maximum absolute atomic E-state index is 12.5. The molecular weight excluding hydrogens is 264 g/mol. The van der Waals surface area contributed by atoms with Crippen molar-refractivity contribution < 1.29 is 4.79 Å². The number of amides is 1. The SMILES string of the molecule is CC(C)(NC(=O)C1C2CNCC21)c1cnn2c1CCCC2. The topological polar surface area (TPSA) is 59.0 Å². The third kappa shape index (κ3) is 2.09. The van der Waals surface area contributed by atoms with E-state index in [1.54, 1.807) is 0 Å². The lowest BCUT2D eigenvalue weighted by molar-refractivity contribution is -0.124. The average molecular weight is 288 g/mol. The van der Waals surface area contributed by atoms with E-state index in [2.05, 4.69) is 34.3 Å². The van der Waals surface area contributed by atoms with Gasteiger partial charge in [0.15, 0.2) is 0 Å². The van der Waals surface area contributed by atoms with Crippen LogP contribution in [-0.4, -0.2) is 28.8 Å². The first-order valence-corrected chi connectivity index (χ1v) is 8.16. The standard InChI is InChI=1S/C16H24N4O/c1-16(2,12-9-18-20-6-4-3-5-13(12)20)19-15(21)14-10-7-17-8-11(10)14/h9-11,14,17H,3-8H2,1-2H3,(H,19,21). The summed E-state index contributed by atoms with van der Waals surface area (Å²) < 4.78 is 2.11. The Balaban J connectivity index is 1.51. The van der Waals surface area contributed by atoms with Crippen molar-refractivity contribution in [1.29, 1.82) is 0 Å². The highest BCUT2D eigenvalue weighted by Gasteiger charge is 2.57. The average Bonchev–Trinajstić information content (AvgIpc) is 2.82. The molecule has 0 bridgehead atoms. The van der Waals surface area contributed by atoms with Gasteiger partial charge in [0, 0.05) is 23.7 Å². The Morgan fingerprint density at radius 1 is 1.38 bits per heavy atom. The van der Waals surface area contributed by atoms with Crippen LogP contribution in [-0.2, 0) is 23.3 Å². The van der Waals surface area contributed by atoms with Crippen molar-refractivity contribution in [2.45, 2.75) is 45.2 Å². The number of hydrogen-bond donors (Lipinski definition) is 2. The molecule has 2 unspecified atom stereocenters. The summed E-state index contributed by atoms with van der Waals surface area (Å²) >= 11 is 0. The Morgan fingerprint density at radius 3 is 2.90 bits per heavy atom. The fourth-order valence-corrected chi connectivity index (χ4v) is 4.21. The van der Waals surface area contributed by atoms with Crippen LogP contribution >= 0.6 is 0 Å². The molecule has 0 spiro atoms. The van der Waals surface area contributed by atoms with Gasteiger partial charge in [-0.2, -0.15) is 5.10 Å². The van der Waals surface area contributed by atoms with E-state index in [4.69, 9.17) is 0 Å². The number of carbonyl (C=O) groups is 1. The number of carbonyl (C=O) groups excluding carboxylic acids is 1. The quantitative estimate of drug-likeness (QED) is 0.873. The summed E-state index contributed by atoms with van der Waals surface area (Å²) in [6, 6.07) is 0. The molecule has 114 valence electrons. The maximum Gasteiger partial charge on any atom is 0.224 e. The molecule has 1 saturated carbocycles. The minimum absolute atomic E-state index is 0.229. The first-order valence-electron chi connectivity index (χ1n) is 8.16. The number of aromatic nitrogens is 2. The number of nitrogens with zero attached hydrogens (tertiary/aromatic N) is 2. The number of nitrogens with one attached hydrogen (secondary N) is 2. The van der Waals surface area contributed by atoms with Crippen LogP contribution in [0.15, 0.2) is 6.20 Å². The Morgan fingerprint density at radius 2 is 2.14 bits per heavy atom. The molecular formula is C16H24N4O. The van der Waals surface area contributed by atoms with Crippen molar-refractivity contribution in [2.24, 2.45) is 17.8 Å². The van der Waals surface area contributed by atoms with Crippen LogP contribution in [0.3, 0.4) is 0 Å². The normalized spacial score (nSPS) is 30.7.